The summed E-state index contributed by atoms with van der Waals surface area (Å²) in [6.07, 6.45) is 0. The van der Waals surface area contributed by atoms with Crippen LogP contribution in [0.15, 0.2) is 34.8 Å². The Bertz CT molecular complexity index is 701. The van der Waals surface area contributed by atoms with Gasteiger partial charge in [-0.15, -0.1) is 0 Å². The molecule has 1 N–H and O–H groups in total. The van der Waals surface area contributed by atoms with Gasteiger partial charge in [0.15, 0.2) is 0 Å². The summed E-state index contributed by atoms with van der Waals surface area (Å²) >= 11 is 3.37. The Kier molecular flexibility index (Phi) is 4.63. The van der Waals surface area contributed by atoms with Gasteiger partial charge in [-0.1, -0.05) is 28.1 Å². The van der Waals surface area contributed by atoms with Crippen molar-refractivity contribution in [3.8, 4) is 5.75 Å². The molecule has 0 heterocycles. The van der Waals surface area contributed by atoms with Crippen LogP contribution in [0.25, 0.3) is 0 Å². The van der Waals surface area contributed by atoms with Gasteiger partial charge in [-0.2, -0.15) is 0 Å². The Morgan fingerprint density at radius 1 is 1.24 bits per heavy atom. The van der Waals surface area contributed by atoms with Gasteiger partial charge in [0.1, 0.15) is 11.6 Å². The quantitative estimate of drug-likeness (QED) is 0.885. The molecule has 0 spiro atoms. The van der Waals surface area contributed by atoms with E-state index < -0.39 is 11.7 Å². The van der Waals surface area contributed by atoms with E-state index in [-0.39, 0.29) is 5.56 Å². The minimum atomic E-state index is -0.510. The summed E-state index contributed by atoms with van der Waals surface area (Å²) in [6, 6.07) is 8.33. The van der Waals surface area contributed by atoms with Crippen LogP contribution in [0.1, 0.15) is 21.5 Å². The molecule has 5 heteroatoms. The minimum Gasteiger partial charge on any atom is -0.495 e. The third-order valence-electron chi connectivity index (χ3n) is 3.16. The maximum Gasteiger partial charge on any atom is 0.258 e. The lowest BCUT2D eigenvalue weighted by atomic mass is 10.1. The van der Waals surface area contributed by atoms with Crippen LogP contribution in [0.5, 0.6) is 5.75 Å². The Balaban J connectivity index is 2.38. The van der Waals surface area contributed by atoms with Crippen molar-refractivity contribution in [1.29, 1.82) is 0 Å². The number of hydrogen-bond donors (Lipinski definition) is 1. The van der Waals surface area contributed by atoms with Gasteiger partial charge < -0.3 is 10.1 Å². The highest BCUT2D eigenvalue weighted by Gasteiger charge is 2.16. The van der Waals surface area contributed by atoms with Crippen LogP contribution in [0, 0.1) is 19.7 Å². The van der Waals surface area contributed by atoms with Crippen molar-refractivity contribution in [2.75, 3.05) is 12.4 Å². The van der Waals surface area contributed by atoms with Gasteiger partial charge in [-0.25, -0.2) is 4.39 Å². The van der Waals surface area contributed by atoms with Gasteiger partial charge >= 0.3 is 0 Å². The van der Waals surface area contributed by atoms with Crippen LogP contribution in [-0.2, 0) is 0 Å². The molecule has 0 unspecified atom stereocenters. The molecule has 3 nitrogen and oxygen atoms in total. The Hall–Kier alpha value is -1.88. The second kappa shape index (κ2) is 6.26. The van der Waals surface area contributed by atoms with Crippen molar-refractivity contribution in [3.05, 3.63) is 57.3 Å². The number of nitrogens with one attached hydrogen (secondary N) is 1. The Morgan fingerprint density at radius 2 is 1.95 bits per heavy atom. The van der Waals surface area contributed by atoms with E-state index in [9.17, 15) is 9.18 Å². The fourth-order valence-corrected chi connectivity index (χ4v) is 2.59. The summed E-state index contributed by atoms with van der Waals surface area (Å²) in [6.45, 7) is 3.47. The second-order valence-electron chi connectivity index (χ2n) is 4.69. The van der Waals surface area contributed by atoms with E-state index >= 15 is 0 Å². The van der Waals surface area contributed by atoms with E-state index in [2.05, 4.69) is 21.2 Å². The molecule has 21 heavy (non-hydrogen) atoms. The maximum absolute atomic E-state index is 14.0. The fourth-order valence-electron chi connectivity index (χ4n) is 2.04. The standard InChI is InChI=1S/C16H15BrFNO2/c1-9-5-4-6-12(14(9)18)16(20)19-15-10(2)7-11(17)8-13(15)21-3/h4-8H,1-3H3,(H,19,20). The molecule has 0 radical (unpaired) electrons. The first kappa shape index (κ1) is 15.5. The first-order chi connectivity index (χ1) is 9.93. The summed E-state index contributed by atoms with van der Waals surface area (Å²) in [5.41, 5.74) is 1.80. The summed E-state index contributed by atoms with van der Waals surface area (Å²) in [4.78, 5) is 12.3. The first-order valence-corrected chi connectivity index (χ1v) is 7.14. The van der Waals surface area contributed by atoms with Crippen molar-refractivity contribution >= 4 is 27.5 Å². The molecule has 0 atom stereocenters. The summed E-state index contributed by atoms with van der Waals surface area (Å²) in [7, 11) is 1.52. The Labute approximate surface area is 131 Å². The van der Waals surface area contributed by atoms with Gasteiger partial charge in [0, 0.05) is 4.47 Å². The molecule has 2 rings (SSSR count). The van der Waals surface area contributed by atoms with Crippen molar-refractivity contribution in [1.82, 2.24) is 0 Å². The number of ether oxygens (including phenoxy) is 1. The highest BCUT2D eigenvalue weighted by Crippen LogP contribution is 2.32. The van der Waals surface area contributed by atoms with Gasteiger partial charge in [0.05, 0.1) is 18.4 Å². The van der Waals surface area contributed by atoms with E-state index in [0.717, 1.165) is 10.0 Å². The highest BCUT2D eigenvalue weighted by molar-refractivity contribution is 9.10. The second-order valence-corrected chi connectivity index (χ2v) is 5.61. The normalized spacial score (nSPS) is 10.3. The SMILES string of the molecule is COc1cc(Br)cc(C)c1NC(=O)c1cccc(C)c1F. The number of rotatable bonds is 3. The predicted octanol–water partition coefficient (Wildman–Crippen LogP) is 4.47. The summed E-state index contributed by atoms with van der Waals surface area (Å²) < 4.78 is 20.1. The average Bonchev–Trinajstić information content (AvgIpc) is 2.44. The summed E-state index contributed by atoms with van der Waals surface area (Å²) in [5.74, 6) is -0.494. The van der Waals surface area contributed by atoms with Crippen LogP contribution in [0.3, 0.4) is 0 Å². The average molecular weight is 352 g/mol. The molecule has 0 aliphatic rings. The van der Waals surface area contributed by atoms with Crippen LogP contribution in [-0.4, -0.2) is 13.0 Å². The van der Waals surface area contributed by atoms with Crippen LogP contribution >= 0.6 is 15.9 Å². The zero-order valence-corrected chi connectivity index (χ0v) is 13.5. The predicted molar refractivity (Wildman–Crippen MR) is 84.5 cm³/mol. The molecule has 0 saturated heterocycles. The lowest BCUT2D eigenvalue weighted by Crippen LogP contribution is -2.15. The molecule has 0 aliphatic carbocycles. The number of methoxy groups -OCH3 is 1. The van der Waals surface area contributed by atoms with Crippen molar-refractivity contribution < 1.29 is 13.9 Å². The summed E-state index contributed by atoms with van der Waals surface area (Å²) in [5, 5.41) is 2.72. The van der Waals surface area contributed by atoms with Gasteiger partial charge in [-0.05, 0) is 43.2 Å². The molecular weight excluding hydrogens is 337 g/mol. The lowest BCUT2D eigenvalue weighted by molar-refractivity contribution is 0.102. The van der Waals surface area contributed by atoms with E-state index in [1.54, 1.807) is 25.1 Å². The van der Waals surface area contributed by atoms with E-state index in [0.29, 0.717) is 17.0 Å². The number of aryl methyl sites for hydroxylation is 2. The molecule has 110 valence electrons. The van der Waals surface area contributed by atoms with E-state index in [1.165, 1.54) is 13.2 Å². The largest absolute Gasteiger partial charge is 0.495 e. The lowest BCUT2D eigenvalue weighted by Gasteiger charge is -2.14. The number of carbonyl (C=O) groups is 1. The molecular formula is C16H15BrFNO2. The molecule has 2 aromatic rings. The molecule has 0 aromatic heterocycles. The first-order valence-electron chi connectivity index (χ1n) is 6.34. The van der Waals surface area contributed by atoms with Crippen molar-refractivity contribution in [2.24, 2.45) is 0 Å². The molecule has 1 amide bonds. The topological polar surface area (TPSA) is 38.3 Å². The zero-order valence-electron chi connectivity index (χ0n) is 12.0. The smallest absolute Gasteiger partial charge is 0.258 e. The Morgan fingerprint density at radius 3 is 2.62 bits per heavy atom. The number of anilines is 1. The molecule has 0 aliphatic heterocycles. The molecule has 0 fully saturated rings. The van der Waals surface area contributed by atoms with Crippen LogP contribution in [0.2, 0.25) is 0 Å². The van der Waals surface area contributed by atoms with Crippen molar-refractivity contribution in [2.45, 2.75) is 13.8 Å². The van der Waals surface area contributed by atoms with E-state index in [1.807, 2.05) is 13.0 Å². The van der Waals surface area contributed by atoms with Crippen molar-refractivity contribution in [3.63, 3.8) is 0 Å². The maximum atomic E-state index is 14.0. The number of benzene rings is 2. The molecule has 0 bridgehead atoms. The third kappa shape index (κ3) is 3.24. The highest BCUT2D eigenvalue weighted by atomic mass is 79.9. The zero-order chi connectivity index (χ0) is 15.6. The number of hydrogen-bond acceptors (Lipinski definition) is 2. The van der Waals surface area contributed by atoms with Crippen LogP contribution in [0.4, 0.5) is 10.1 Å². The monoisotopic (exact) mass is 351 g/mol. The molecule has 2 aromatic carbocycles. The number of halogens is 2. The third-order valence-corrected chi connectivity index (χ3v) is 3.62. The van der Waals surface area contributed by atoms with Gasteiger partial charge in [0.25, 0.3) is 5.91 Å². The number of amides is 1. The molecule has 0 saturated carbocycles. The van der Waals surface area contributed by atoms with E-state index in [4.69, 9.17) is 4.74 Å². The van der Waals surface area contributed by atoms with Gasteiger partial charge in [-0.3, -0.25) is 4.79 Å². The fraction of sp³-hybridized carbons (Fsp3) is 0.188. The number of carbonyl (C=O) groups excluding carboxylic acids is 1. The van der Waals surface area contributed by atoms with Gasteiger partial charge in [0.2, 0.25) is 0 Å². The minimum absolute atomic E-state index is 0.0133. The van der Waals surface area contributed by atoms with Crippen LogP contribution < -0.4 is 10.1 Å².